The Kier molecular flexibility index (Phi) is 3.56. The van der Waals surface area contributed by atoms with Gasteiger partial charge in [0.2, 0.25) is 0 Å². The van der Waals surface area contributed by atoms with E-state index < -0.39 is 0 Å². The molecule has 2 N–H and O–H groups in total. The number of nitrogen functional groups attached to an aromatic ring is 1. The Hall–Kier alpha value is -2.07. The van der Waals surface area contributed by atoms with Crippen LogP contribution in [-0.4, -0.2) is 11.6 Å². The molecule has 3 nitrogen and oxygen atoms in total. The van der Waals surface area contributed by atoms with Crippen molar-refractivity contribution in [1.82, 2.24) is 4.98 Å². The van der Waals surface area contributed by atoms with Gasteiger partial charge in [-0.3, -0.25) is 0 Å². The Morgan fingerprint density at radius 2 is 2.10 bits per heavy atom. The van der Waals surface area contributed by atoms with Crippen molar-refractivity contribution in [2.24, 2.45) is 0 Å². The van der Waals surface area contributed by atoms with Crippen molar-refractivity contribution in [2.75, 3.05) is 12.3 Å². The molecule has 102 valence electrons. The molecule has 3 aromatic rings. The van der Waals surface area contributed by atoms with Gasteiger partial charge >= 0.3 is 0 Å². The first-order valence-electron chi connectivity index (χ1n) is 6.55. The molecule has 0 amide bonds. The largest absolute Gasteiger partial charge is 0.493 e. The summed E-state index contributed by atoms with van der Waals surface area (Å²) in [5, 5.41) is 1.08. The lowest BCUT2D eigenvalue weighted by Crippen LogP contribution is -2.00. The summed E-state index contributed by atoms with van der Waals surface area (Å²) in [4.78, 5) is 4.59. The number of hydrogen-bond donors (Lipinski definition) is 1. The normalized spacial score (nSPS) is 10.8. The average molecular weight is 284 g/mol. The lowest BCUT2D eigenvalue weighted by atomic mass is 10.2. The second-order valence-electron chi connectivity index (χ2n) is 4.75. The summed E-state index contributed by atoms with van der Waals surface area (Å²) in [5.41, 5.74) is 8.77. The topological polar surface area (TPSA) is 48.1 Å². The number of rotatable bonds is 4. The van der Waals surface area contributed by atoms with Gasteiger partial charge < -0.3 is 10.5 Å². The summed E-state index contributed by atoms with van der Waals surface area (Å²) in [6.07, 6.45) is 0.813. The predicted molar refractivity (Wildman–Crippen MR) is 84.4 cm³/mol. The quantitative estimate of drug-likeness (QED) is 0.741. The number of nitrogens with zero attached hydrogens (tertiary/aromatic N) is 1. The molecule has 0 spiro atoms. The highest BCUT2D eigenvalue weighted by atomic mass is 32.1. The molecule has 4 heteroatoms. The lowest BCUT2D eigenvalue weighted by molar-refractivity contribution is 0.321. The number of aromatic nitrogens is 1. The van der Waals surface area contributed by atoms with Crippen LogP contribution < -0.4 is 10.5 Å². The van der Waals surface area contributed by atoms with E-state index in [2.05, 4.69) is 18.0 Å². The summed E-state index contributed by atoms with van der Waals surface area (Å²) >= 11 is 1.68. The van der Waals surface area contributed by atoms with Crippen LogP contribution in [0.1, 0.15) is 10.6 Å². The molecule has 3 rings (SSSR count). The highest BCUT2D eigenvalue weighted by Crippen LogP contribution is 2.24. The molecular weight excluding hydrogens is 268 g/mol. The van der Waals surface area contributed by atoms with Gasteiger partial charge in [0.1, 0.15) is 5.75 Å². The monoisotopic (exact) mass is 284 g/mol. The van der Waals surface area contributed by atoms with Crippen LogP contribution in [0.4, 0.5) is 5.69 Å². The Labute approximate surface area is 122 Å². The zero-order chi connectivity index (χ0) is 13.9. The van der Waals surface area contributed by atoms with E-state index in [0.717, 1.165) is 33.1 Å². The maximum atomic E-state index is 5.78. The van der Waals surface area contributed by atoms with Gasteiger partial charge in [-0.1, -0.05) is 12.1 Å². The van der Waals surface area contributed by atoms with Crippen LogP contribution in [0.25, 0.3) is 10.2 Å². The number of thiazole rings is 1. The third kappa shape index (κ3) is 2.91. The fraction of sp³-hybridized carbons (Fsp3) is 0.188. The molecule has 1 aromatic heterocycles. The van der Waals surface area contributed by atoms with Crippen LogP contribution in [-0.2, 0) is 6.42 Å². The van der Waals surface area contributed by atoms with Crippen LogP contribution in [0.3, 0.4) is 0 Å². The summed E-state index contributed by atoms with van der Waals surface area (Å²) in [5.74, 6) is 0.912. The van der Waals surface area contributed by atoms with E-state index in [0.29, 0.717) is 6.61 Å². The number of benzene rings is 2. The van der Waals surface area contributed by atoms with Crippen molar-refractivity contribution >= 4 is 27.2 Å². The highest BCUT2D eigenvalue weighted by molar-refractivity contribution is 7.18. The number of aryl methyl sites for hydroxylation is 1. The summed E-state index contributed by atoms with van der Waals surface area (Å²) in [6.45, 7) is 2.70. The predicted octanol–water partition coefficient (Wildman–Crippen LogP) is 3.81. The Morgan fingerprint density at radius 1 is 1.20 bits per heavy atom. The Morgan fingerprint density at radius 3 is 2.95 bits per heavy atom. The van der Waals surface area contributed by atoms with Crippen LogP contribution in [0.2, 0.25) is 0 Å². The fourth-order valence-corrected chi connectivity index (χ4v) is 3.05. The van der Waals surface area contributed by atoms with Gasteiger partial charge in [-0.05, 0) is 42.8 Å². The van der Waals surface area contributed by atoms with Crippen molar-refractivity contribution in [3.63, 3.8) is 0 Å². The summed E-state index contributed by atoms with van der Waals surface area (Å²) in [6, 6.07) is 13.9. The number of anilines is 1. The minimum Gasteiger partial charge on any atom is -0.493 e. The van der Waals surface area contributed by atoms with Gasteiger partial charge in [0.15, 0.2) is 0 Å². The van der Waals surface area contributed by atoms with Gasteiger partial charge in [-0.25, -0.2) is 4.98 Å². The van der Waals surface area contributed by atoms with Crippen LogP contribution in [0.15, 0.2) is 42.5 Å². The van der Waals surface area contributed by atoms with Crippen molar-refractivity contribution < 1.29 is 4.74 Å². The molecule has 0 radical (unpaired) electrons. The SMILES string of the molecule is Cc1cccc(OCCc2nc3ccc(N)cc3s2)c1. The Bertz CT molecular complexity index is 736. The van der Waals surface area contributed by atoms with Crippen LogP contribution >= 0.6 is 11.3 Å². The minimum absolute atomic E-state index is 0.638. The molecule has 0 fully saturated rings. The average Bonchev–Trinajstić information content (AvgIpc) is 2.80. The summed E-state index contributed by atoms with van der Waals surface area (Å²) < 4.78 is 6.89. The van der Waals surface area contributed by atoms with Gasteiger partial charge in [0.05, 0.1) is 21.8 Å². The van der Waals surface area contributed by atoms with E-state index in [4.69, 9.17) is 10.5 Å². The van der Waals surface area contributed by atoms with Crippen LogP contribution in [0, 0.1) is 6.92 Å². The number of nitrogens with two attached hydrogens (primary N) is 1. The molecular formula is C16H16N2OS. The maximum Gasteiger partial charge on any atom is 0.119 e. The zero-order valence-electron chi connectivity index (χ0n) is 11.3. The van der Waals surface area contributed by atoms with Crippen molar-refractivity contribution in [2.45, 2.75) is 13.3 Å². The first-order chi connectivity index (χ1) is 9.70. The van der Waals surface area contributed by atoms with E-state index in [9.17, 15) is 0 Å². The number of hydrogen-bond acceptors (Lipinski definition) is 4. The molecule has 1 heterocycles. The standard InChI is InChI=1S/C16H16N2OS/c1-11-3-2-4-13(9-11)19-8-7-16-18-14-6-5-12(17)10-15(14)20-16/h2-6,9-10H,7-8,17H2,1H3. The van der Waals surface area contributed by atoms with Crippen molar-refractivity contribution in [3.05, 3.63) is 53.0 Å². The van der Waals surface area contributed by atoms with Crippen molar-refractivity contribution in [1.29, 1.82) is 0 Å². The number of fused-ring (bicyclic) bond motifs is 1. The molecule has 0 bridgehead atoms. The molecule has 0 aliphatic heterocycles. The zero-order valence-corrected chi connectivity index (χ0v) is 12.1. The smallest absolute Gasteiger partial charge is 0.119 e. The van der Waals surface area contributed by atoms with Crippen molar-refractivity contribution in [3.8, 4) is 5.75 Å². The second-order valence-corrected chi connectivity index (χ2v) is 5.86. The van der Waals surface area contributed by atoms with Gasteiger partial charge in [-0.15, -0.1) is 11.3 Å². The highest BCUT2D eigenvalue weighted by Gasteiger charge is 2.04. The van der Waals surface area contributed by atoms with Crippen LogP contribution in [0.5, 0.6) is 5.75 Å². The van der Waals surface area contributed by atoms with E-state index in [1.54, 1.807) is 11.3 Å². The second kappa shape index (κ2) is 5.51. The summed E-state index contributed by atoms with van der Waals surface area (Å²) in [7, 11) is 0. The fourth-order valence-electron chi connectivity index (χ4n) is 2.06. The molecule has 2 aromatic carbocycles. The molecule has 0 aliphatic carbocycles. The first kappa shape index (κ1) is 12.9. The molecule has 0 aliphatic rings. The molecule has 20 heavy (non-hydrogen) atoms. The Balaban J connectivity index is 1.65. The minimum atomic E-state index is 0.638. The molecule has 0 atom stereocenters. The third-order valence-corrected chi connectivity index (χ3v) is 4.11. The van der Waals surface area contributed by atoms with Gasteiger partial charge in [-0.2, -0.15) is 0 Å². The third-order valence-electron chi connectivity index (χ3n) is 3.03. The van der Waals surface area contributed by atoms with Gasteiger partial charge in [0.25, 0.3) is 0 Å². The molecule has 0 saturated carbocycles. The maximum absolute atomic E-state index is 5.78. The molecule has 0 unspecified atom stereocenters. The first-order valence-corrected chi connectivity index (χ1v) is 7.37. The van der Waals surface area contributed by atoms with Gasteiger partial charge in [0, 0.05) is 12.1 Å². The van der Waals surface area contributed by atoms with E-state index in [1.165, 1.54) is 5.56 Å². The van der Waals surface area contributed by atoms with E-state index >= 15 is 0 Å². The lowest BCUT2D eigenvalue weighted by Gasteiger charge is -2.05. The van der Waals surface area contributed by atoms with E-state index in [1.807, 2.05) is 36.4 Å². The molecule has 0 saturated heterocycles. The van der Waals surface area contributed by atoms with E-state index in [-0.39, 0.29) is 0 Å². The number of ether oxygens (including phenoxy) is 1.